The van der Waals surface area contributed by atoms with Crippen molar-refractivity contribution in [3.8, 4) is 0 Å². The van der Waals surface area contributed by atoms with Crippen LogP contribution in [0.4, 0.5) is 11.6 Å². The van der Waals surface area contributed by atoms with Crippen molar-refractivity contribution in [1.29, 1.82) is 0 Å². The van der Waals surface area contributed by atoms with Gasteiger partial charge in [-0.2, -0.15) is 11.8 Å². The lowest BCUT2D eigenvalue weighted by atomic mass is 9.97. The molecule has 7 heteroatoms. The molecule has 2 fully saturated rings. The number of nitrogens with zero attached hydrogens (tertiary/aromatic N) is 4. The summed E-state index contributed by atoms with van der Waals surface area (Å²) in [5.74, 6) is 3.19. The molecule has 3 heterocycles. The number of thioether (sulfide) groups is 1. The molecule has 1 aromatic heterocycles. The van der Waals surface area contributed by atoms with Crippen molar-refractivity contribution in [3.05, 3.63) is 24.3 Å². The summed E-state index contributed by atoms with van der Waals surface area (Å²) in [4.78, 5) is 15.7. The second-order valence-electron chi connectivity index (χ2n) is 6.59. The van der Waals surface area contributed by atoms with Crippen molar-refractivity contribution in [2.45, 2.75) is 12.8 Å². The molecule has 0 saturated carbocycles. The van der Waals surface area contributed by atoms with Gasteiger partial charge in [0.15, 0.2) is 11.6 Å². The van der Waals surface area contributed by atoms with E-state index in [1.165, 1.54) is 0 Å². The van der Waals surface area contributed by atoms with Crippen molar-refractivity contribution >= 4 is 40.1 Å². The Morgan fingerprint density at radius 1 is 0.960 bits per heavy atom. The van der Waals surface area contributed by atoms with Gasteiger partial charge in [-0.15, -0.1) is 10.2 Å². The lowest BCUT2D eigenvalue weighted by Crippen LogP contribution is -2.37. The van der Waals surface area contributed by atoms with E-state index >= 15 is 0 Å². The van der Waals surface area contributed by atoms with Crippen LogP contribution in [0, 0.1) is 5.92 Å². The van der Waals surface area contributed by atoms with Gasteiger partial charge in [-0.25, -0.2) is 0 Å². The van der Waals surface area contributed by atoms with E-state index in [2.05, 4.69) is 32.1 Å². The molecule has 1 aromatic carbocycles. The van der Waals surface area contributed by atoms with Gasteiger partial charge in [0, 0.05) is 48.5 Å². The summed E-state index contributed by atoms with van der Waals surface area (Å²) in [6.45, 7) is 3.45. The van der Waals surface area contributed by atoms with Crippen LogP contribution in [-0.2, 0) is 4.79 Å². The summed E-state index contributed by atoms with van der Waals surface area (Å²) in [5, 5.41) is 20.6. The summed E-state index contributed by atoms with van der Waals surface area (Å²) in [5.41, 5.74) is 0. The number of hydrogen-bond acceptors (Lipinski definition) is 6. The van der Waals surface area contributed by atoms with E-state index < -0.39 is 5.97 Å². The van der Waals surface area contributed by atoms with Crippen LogP contribution in [0.1, 0.15) is 12.8 Å². The predicted octanol–water partition coefficient (Wildman–Crippen LogP) is 2.48. The molecule has 4 rings (SSSR count). The third kappa shape index (κ3) is 3.25. The van der Waals surface area contributed by atoms with Gasteiger partial charge in [0.2, 0.25) is 0 Å². The number of aromatic nitrogens is 2. The Morgan fingerprint density at radius 3 is 2.00 bits per heavy atom. The summed E-state index contributed by atoms with van der Waals surface area (Å²) < 4.78 is 0. The maximum Gasteiger partial charge on any atom is 0.306 e. The predicted molar refractivity (Wildman–Crippen MR) is 102 cm³/mol. The summed E-state index contributed by atoms with van der Waals surface area (Å²) in [6.07, 6.45) is 1.33. The first kappa shape index (κ1) is 16.4. The molecule has 132 valence electrons. The minimum atomic E-state index is -0.686. The number of carboxylic acids is 1. The fraction of sp³-hybridized carbons (Fsp3) is 0.500. The number of fused-ring (bicyclic) bond motifs is 1. The Hall–Kier alpha value is -2.02. The third-order valence-corrected chi connectivity index (χ3v) is 6.05. The van der Waals surface area contributed by atoms with Gasteiger partial charge in [-0.1, -0.05) is 24.3 Å². The lowest BCUT2D eigenvalue weighted by Gasteiger charge is -2.32. The zero-order valence-corrected chi connectivity index (χ0v) is 14.9. The summed E-state index contributed by atoms with van der Waals surface area (Å²) in [6, 6.07) is 8.30. The minimum Gasteiger partial charge on any atom is -0.481 e. The molecule has 0 bridgehead atoms. The van der Waals surface area contributed by atoms with Gasteiger partial charge in [-0.05, 0) is 12.8 Å². The van der Waals surface area contributed by atoms with Crippen LogP contribution in [0.2, 0.25) is 0 Å². The second-order valence-corrected chi connectivity index (χ2v) is 7.82. The molecule has 0 amide bonds. The highest BCUT2D eigenvalue weighted by atomic mass is 32.2. The zero-order valence-electron chi connectivity index (χ0n) is 14.1. The number of benzene rings is 1. The Morgan fingerprint density at radius 2 is 1.48 bits per heavy atom. The van der Waals surface area contributed by atoms with Gasteiger partial charge in [0.05, 0.1) is 5.92 Å². The zero-order chi connectivity index (χ0) is 17.2. The standard InChI is InChI=1S/C18H22N4O2S/c23-18(24)13-5-7-21(8-6-13)16-14-3-1-2-4-15(14)17(20-19-16)22-9-11-25-12-10-22/h1-4,13H,5-12H2,(H,23,24). The van der Waals surface area contributed by atoms with Gasteiger partial charge in [-0.3, -0.25) is 4.79 Å². The number of carboxylic acid groups (broad SMARTS) is 1. The molecule has 25 heavy (non-hydrogen) atoms. The molecule has 2 aliphatic rings. The van der Waals surface area contributed by atoms with Gasteiger partial charge >= 0.3 is 5.97 Å². The highest BCUT2D eigenvalue weighted by Gasteiger charge is 2.27. The fourth-order valence-corrected chi connectivity index (χ4v) is 4.56. The van der Waals surface area contributed by atoms with Gasteiger partial charge in [0.25, 0.3) is 0 Å². The molecule has 0 aliphatic carbocycles. The number of aliphatic carboxylic acids is 1. The molecule has 6 nitrogen and oxygen atoms in total. The van der Waals surface area contributed by atoms with Crippen LogP contribution in [0.5, 0.6) is 0 Å². The van der Waals surface area contributed by atoms with Crippen LogP contribution in [0.15, 0.2) is 24.3 Å². The first-order valence-corrected chi connectivity index (χ1v) is 9.95. The quantitative estimate of drug-likeness (QED) is 0.904. The van der Waals surface area contributed by atoms with E-state index in [0.29, 0.717) is 12.8 Å². The topological polar surface area (TPSA) is 69.6 Å². The van der Waals surface area contributed by atoms with Gasteiger partial charge < -0.3 is 14.9 Å². The first-order valence-electron chi connectivity index (χ1n) is 8.80. The smallest absolute Gasteiger partial charge is 0.306 e. The molecule has 2 aromatic rings. The third-order valence-electron chi connectivity index (χ3n) is 5.10. The Balaban J connectivity index is 1.66. The van der Waals surface area contributed by atoms with Crippen LogP contribution < -0.4 is 9.80 Å². The Kier molecular flexibility index (Phi) is 4.65. The Labute approximate surface area is 151 Å². The summed E-state index contributed by atoms with van der Waals surface area (Å²) in [7, 11) is 0. The molecule has 0 atom stereocenters. The lowest BCUT2D eigenvalue weighted by molar-refractivity contribution is -0.142. The van der Waals surface area contributed by atoms with Gasteiger partial charge in [0.1, 0.15) is 0 Å². The normalized spacial score (nSPS) is 19.4. The molecular weight excluding hydrogens is 336 g/mol. The number of piperidine rings is 1. The van der Waals surface area contributed by atoms with Crippen molar-refractivity contribution in [1.82, 2.24) is 10.2 Å². The van der Waals surface area contributed by atoms with Crippen molar-refractivity contribution in [3.63, 3.8) is 0 Å². The molecule has 0 unspecified atom stereocenters. The van der Waals surface area contributed by atoms with E-state index in [1.807, 2.05) is 23.9 Å². The fourth-order valence-electron chi connectivity index (χ4n) is 3.66. The van der Waals surface area contributed by atoms with Crippen molar-refractivity contribution in [2.75, 3.05) is 47.5 Å². The average Bonchev–Trinajstić information content (AvgIpc) is 2.68. The molecule has 0 radical (unpaired) electrons. The van der Waals surface area contributed by atoms with E-state index in [4.69, 9.17) is 0 Å². The number of carbonyl (C=O) groups is 1. The van der Waals surface area contributed by atoms with Crippen LogP contribution in [0.3, 0.4) is 0 Å². The van der Waals surface area contributed by atoms with Crippen molar-refractivity contribution < 1.29 is 9.90 Å². The number of rotatable bonds is 3. The monoisotopic (exact) mass is 358 g/mol. The van der Waals surface area contributed by atoms with Crippen LogP contribution in [0.25, 0.3) is 10.8 Å². The number of hydrogen-bond donors (Lipinski definition) is 1. The van der Waals surface area contributed by atoms with E-state index in [-0.39, 0.29) is 5.92 Å². The number of anilines is 2. The SMILES string of the molecule is O=C(O)C1CCN(c2nnc(N3CCSCC3)c3ccccc23)CC1. The van der Waals surface area contributed by atoms with E-state index in [1.54, 1.807) is 0 Å². The maximum atomic E-state index is 11.2. The molecule has 0 spiro atoms. The molecular formula is C18H22N4O2S. The van der Waals surface area contributed by atoms with Crippen LogP contribution >= 0.6 is 11.8 Å². The average molecular weight is 358 g/mol. The van der Waals surface area contributed by atoms with E-state index in [0.717, 1.165) is 60.1 Å². The van der Waals surface area contributed by atoms with Crippen molar-refractivity contribution in [2.24, 2.45) is 5.92 Å². The maximum absolute atomic E-state index is 11.2. The summed E-state index contributed by atoms with van der Waals surface area (Å²) >= 11 is 1.98. The minimum absolute atomic E-state index is 0.236. The molecule has 2 aliphatic heterocycles. The highest BCUT2D eigenvalue weighted by Crippen LogP contribution is 2.33. The Bertz CT molecular complexity index is 771. The molecule has 2 saturated heterocycles. The second kappa shape index (κ2) is 7.07. The molecule has 1 N–H and O–H groups in total. The highest BCUT2D eigenvalue weighted by molar-refractivity contribution is 7.99. The van der Waals surface area contributed by atoms with E-state index in [9.17, 15) is 9.90 Å². The first-order chi connectivity index (χ1) is 12.2. The van der Waals surface area contributed by atoms with Crippen LogP contribution in [-0.4, -0.2) is 59.0 Å². The largest absolute Gasteiger partial charge is 0.481 e.